The second kappa shape index (κ2) is 11.7. The smallest absolute Gasteiger partial charge is 0.118 e. The van der Waals surface area contributed by atoms with E-state index in [0.29, 0.717) is 5.75 Å². The number of hydrogen-bond donors (Lipinski definition) is 1. The number of hydrogen-bond acceptors (Lipinski definition) is 1. The van der Waals surface area contributed by atoms with E-state index in [1.807, 2.05) is 18.2 Å². The van der Waals surface area contributed by atoms with Crippen LogP contribution in [0, 0.1) is 5.92 Å². The highest BCUT2D eigenvalue weighted by atomic mass is 16.3. The number of rotatable bonds is 12. The van der Waals surface area contributed by atoms with Crippen LogP contribution >= 0.6 is 0 Å². The molecule has 0 unspecified atom stereocenters. The molecular formula is C20H34O. The number of benzene rings is 1. The van der Waals surface area contributed by atoms with E-state index in [1.165, 1.54) is 64.2 Å². The summed E-state index contributed by atoms with van der Waals surface area (Å²) in [6.07, 6.45) is 14.7. The summed E-state index contributed by atoms with van der Waals surface area (Å²) in [5.74, 6) is 1.33. The summed E-state index contributed by atoms with van der Waals surface area (Å²) in [6, 6.07) is 7.72. The zero-order valence-corrected chi connectivity index (χ0v) is 14.1. The predicted molar refractivity (Wildman–Crippen MR) is 92.8 cm³/mol. The van der Waals surface area contributed by atoms with Crippen molar-refractivity contribution >= 4 is 0 Å². The third-order valence-electron chi connectivity index (χ3n) is 4.22. The Labute approximate surface area is 131 Å². The second-order valence-electron chi connectivity index (χ2n) is 6.74. The molecule has 21 heavy (non-hydrogen) atoms. The van der Waals surface area contributed by atoms with Gasteiger partial charge in [-0.15, -0.1) is 0 Å². The van der Waals surface area contributed by atoms with Crippen molar-refractivity contribution in [1.29, 1.82) is 0 Å². The predicted octanol–water partition coefficient (Wildman–Crippen LogP) is 6.49. The third kappa shape index (κ3) is 9.55. The van der Waals surface area contributed by atoms with Gasteiger partial charge in [-0.25, -0.2) is 0 Å². The van der Waals surface area contributed by atoms with Gasteiger partial charge in [0.25, 0.3) is 0 Å². The number of aryl methyl sites for hydroxylation is 1. The molecule has 0 atom stereocenters. The Morgan fingerprint density at radius 1 is 0.762 bits per heavy atom. The van der Waals surface area contributed by atoms with Crippen molar-refractivity contribution in [1.82, 2.24) is 0 Å². The molecule has 0 fully saturated rings. The minimum Gasteiger partial charge on any atom is -0.508 e. The number of para-hydroxylation sites is 1. The molecule has 0 saturated heterocycles. The Balaban J connectivity index is 1.86. The van der Waals surface area contributed by atoms with E-state index in [4.69, 9.17) is 0 Å². The molecule has 0 aliphatic carbocycles. The molecule has 1 rings (SSSR count). The fraction of sp³-hybridized carbons (Fsp3) is 0.700. The van der Waals surface area contributed by atoms with Crippen LogP contribution in [0.25, 0.3) is 0 Å². The lowest BCUT2D eigenvalue weighted by molar-refractivity contribution is 0.465. The maximum atomic E-state index is 9.69. The van der Waals surface area contributed by atoms with E-state index in [0.717, 1.165) is 17.9 Å². The summed E-state index contributed by atoms with van der Waals surface area (Å²) in [5, 5.41) is 9.69. The van der Waals surface area contributed by atoms with Gasteiger partial charge in [-0.2, -0.15) is 0 Å². The van der Waals surface area contributed by atoms with E-state index < -0.39 is 0 Å². The van der Waals surface area contributed by atoms with Gasteiger partial charge in [0, 0.05) is 0 Å². The second-order valence-corrected chi connectivity index (χ2v) is 6.74. The van der Waals surface area contributed by atoms with Crippen LogP contribution in [-0.2, 0) is 6.42 Å². The summed E-state index contributed by atoms with van der Waals surface area (Å²) in [7, 11) is 0. The summed E-state index contributed by atoms with van der Waals surface area (Å²) >= 11 is 0. The van der Waals surface area contributed by atoms with E-state index in [-0.39, 0.29) is 0 Å². The fourth-order valence-corrected chi connectivity index (χ4v) is 2.83. The largest absolute Gasteiger partial charge is 0.508 e. The molecule has 120 valence electrons. The first-order valence-electron chi connectivity index (χ1n) is 8.97. The van der Waals surface area contributed by atoms with Crippen LogP contribution in [0.4, 0.5) is 0 Å². The Kier molecular flexibility index (Phi) is 10.0. The van der Waals surface area contributed by atoms with Gasteiger partial charge in [-0.1, -0.05) is 89.8 Å². The molecule has 0 saturated carbocycles. The highest BCUT2D eigenvalue weighted by Gasteiger charge is 1.99. The maximum Gasteiger partial charge on any atom is 0.118 e. The topological polar surface area (TPSA) is 20.2 Å². The van der Waals surface area contributed by atoms with E-state index in [1.54, 1.807) is 6.07 Å². The molecule has 0 spiro atoms. The van der Waals surface area contributed by atoms with Gasteiger partial charge in [0.1, 0.15) is 5.75 Å². The third-order valence-corrected chi connectivity index (χ3v) is 4.22. The molecular weight excluding hydrogens is 256 g/mol. The summed E-state index contributed by atoms with van der Waals surface area (Å²) < 4.78 is 0. The first-order valence-corrected chi connectivity index (χ1v) is 8.97. The molecule has 0 bridgehead atoms. The Hall–Kier alpha value is -0.980. The van der Waals surface area contributed by atoms with Gasteiger partial charge in [0.2, 0.25) is 0 Å². The van der Waals surface area contributed by atoms with Crippen LogP contribution in [0.5, 0.6) is 5.75 Å². The minimum absolute atomic E-state index is 0.457. The molecule has 1 N–H and O–H groups in total. The van der Waals surface area contributed by atoms with Gasteiger partial charge >= 0.3 is 0 Å². The van der Waals surface area contributed by atoms with Gasteiger partial charge in [-0.05, 0) is 30.4 Å². The van der Waals surface area contributed by atoms with Crippen LogP contribution in [0.1, 0.15) is 83.6 Å². The summed E-state index contributed by atoms with van der Waals surface area (Å²) in [6.45, 7) is 4.63. The van der Waals surface area contributed by atoms with Gasteiger partial charge in [0.15, 0.2) is 0 Å². The van der Waals surface area contributed by atoms with E-state index in [2.05, 4.69) is 13.8 Å². The van der Waals surface area contributed by atoms with E-state index >= 15 is 0 Å². The molecule has 0 amide bonds. The van der Waals surface area contributed by atoms with Crippen molar-refractivity contribution in [3.63, 3.8) is 0 Å². The fourth-order valence-electron chi connectivity index (χ4n) is 2.83. The van der Waals surface area contributed by atoms with Crippen molar-refractivity contribution in [3.05, 3.63) is 29.8 Å². The quantitative estimate of drug-likeness (QED) is 0.436. The van der Waals surface area contributed by atoms with Crippen LogP contribution in [-0.4, -0.2) is 5.11 Å². The summed E-state index contributed by atoms with van der Waals surface area (Å²) in [5.41, 5.74) is 1.10. The van der Waals surface area contributed by atoms with Gasteiger partial charge in [-0.3, -0.25) is 0 Å². The first kappa shape index (κ1) is 18.1. The molecule has 1 aromatic rings. The number of aromatic hydroxyl groups is 1. The van der Waals surface area contributed by atoms with Crippen LogP contribution in [0.15, 0.2) is 24.3 Å². The highest BCUT2D eigenvalue weighted by Crippen LogP contribution is 2.19. The van der Waals surface area contributed by atoms with Gasteiger partial charge < -0.3 is 5.11 Å². The average Bonchev–Trinajstić information content (AvgIpc) is 2.46. The number of phenols is 1. The average molecular weight is 290 g/mol. The lowest BCUT2D eigenvalue weighted by Gasteiger charge is -2.05. The number of unbranched alkanes of at least 4 members (excludes halogenated alkanes) is 8. The zero-order chi connectivity index (χ0) is 15.3. The molecule has 0 heterocycles. The van der Waals surface area contributed by atoms with Crippen molar-refractivity contribution in [3.8, 4) is 5.75 Å². The highest BCUT2D eigenvalue weighted by molar-refractivity contribution is 5.31. The van der Waals surface area contributed by atoms with Gasteiger partial charge in [0.05, 0.1) is 0 Å². The maximum absolute atomic E-state index is 9.69. The SMILES string of the molecule is CC(C)CCCCCCCCCCCc1ccccc1O. The summed E-state index contributed by atoms with van der Waals surface area (Å²) in [4.78, 5) is 0. The minimum atomic E-state index is 0.457. The van der Waals surface area contributed by atoms with Crippen molar-refractivity contribution in [2.24, 2.45) is 5.92 Å². The Morgan fingerprint density at radius 3 is 1.86 bits per heavy atom. The van der Waals surface area contributed by atoms with Crippen molar-refractivity contribution in [2.45, 2.75) is 84.5 Å². The van der Waals surface area contributed by atoms with Crippen LogP contribution in [0.2, 0.25) is 0 Å². The molecule has 0 radical (unpaired) electrons. The zero-order valence-electron chi connectivity index (χ0n) is 14.1. The number of phenolic OH excluding ortho intramolecular Hbond substituents is 1. The van der Waals surface area contributed by atoms with Crippen LogP contribution < -0.4 is 0 Å². The lowest BCUT2D eigenvalue weighted by atomic mass is 10.0. The monoisotopic (exact) mass is 290 g/mol. The molecule has 0 aliphatic heterocycles. The Bertz CT molecular complexity index is 357. The van der Waals surface area contributed by atoms with Crippen molar-refractivity contribution in [2.75, 3.05) is 0 Å². The molecule has 1 nitrogen and oxygen atoms in total. The van der Waals surface area contributed by atoms with Crippen molar-refractivity contribution < 1.29 is 5.11 Å². The van der Waals surface area contributed by atoms with E-state index in [9.17, 15) is 5.11 Å². The standard InChI is InChI=1S/C20H34O/c1-18(2)14-10-8-6-4-3-5-7-9-11-15-19-16-12-13-17-20(19)21/h12-13,16-18,21H,3-11,14-15H2,1-2H3. The molecule has 0 aromatic heterocycles. The van der Waals surface area contributed by atoms with Crippen LogP contribution in [0.3, 0.4) is 0 Å². The molecule has 1 heteroatoms. The normalized spacial score (nSPS) is 11.2. The first-order chi connectivity index (χ1) is 10.2. The molecule has 1 aromatic carbocycles. The molecule has 0 aliphatic rings. The lowest BCUT2D eigenvalue weighted by Crippen LogP contribution is -1.88. The Morgan fingerprint density at radius 2 is 1.29 bits per heavy atom.